The van der Waals surface area contributed by atoms with Crippen LogP contribution in [0.3, 0.4) is 0 Å². The standard InChI is InChI=1S/C13H22N4O2.HI/c1-4-6-14-13(16-9-12(18)17(2)3)15-8-11-5-7-19-10-11;/h1,11H,5-10H2,2-3H3,(H2,14,15,16);1H. The Labute approximate surface area is 137 Å². The van der Waals surface area contributed by atoms with Crippen molar-refractivity contribution < 1.29 is 9.53 Å². The molecule has 1 fully saturated rings. The molecule has 1 aliphatic rings. The lowest BCUT2D eigenvalue weighted by atomic mass is 10.1. The van der Waals surface area contributed by atoms with Gasteiger partial charge in [0.2, 0.25) is 5.91 Å². The first-order valence-corrected chi connectivity index (χ1v) is 6.37. The molecule has 1 unspecified atom stereocenters. The number of carbonyl (C=O) groups excluding carboxylic acids is 1. The lowest BCUT2D eigenvalue weighted by Crippen LogP contribution is -2.41. The maximum absolute atomic E-state index is 11.5. The number of carbonyl (C=O) groups is 1. The van der Waals surface area contributed by atoms with E-state index < -0.39 is 0 Å². The highest BCUT2D eigenvalue weighted by Gasteiger charge is 2.15. The molecule has 114 valence electrons. The Morgan fingerprint density at radius 1 is 1.50 bits per heavy atom. The third kappa shape index (κ3) is 7.55. The normalized spacial score (nSPS) is 17.9. The zero-order valence-electron chi connectivity index (χ0n) is 12.0. The smallest absolute Gasteiger partial charge is 0.243 e. The summed E-state index contributed by atoms with van der Waals surface area (Å²) in [7, 11) is 3.41. The van der Waals surface area contributed by atoms with Crippen LogP contribution in [0.4, 0.5) is 0 Å². The number of nitrogens with one attached hydrogen (secondary N) is 2. The first-order chi connectivity index (χ1) is 9.13. The van der Waals surface area contributed by atoms with Gasteiger partial charge < -0.3 is 20.3 Å². The summed E-state index contributed by atoms with van der Waals surface area (Å²) >= 11 is 0. The molecule has 1 saturated heterocycles. The zero-order chi connectivity index (χ0) is 14.1. The van der Waals surface area contributed by atoms with Gasteiger partial charge >= 0.3 is 0 Å². The molecule has 1 aliphatic heterocycles. The second kappa shape index (κ2) is 10.7. The van der Waals surface area contributed by atoms with Crippen molar-refractivity contribution >= 4 is 35.8 Å². The maximum Gasteiger partial charge on any atom is 0.243 e. The number of terminal acetylenes is 1. The Hall–Kier alpha value is -1.01. The molecule has 0 radical (unpaired) electrons. The number of hydrogen-bond donors (Lipinski definition) is 2. The van der Waals surface area contributed by atoms with E-state index in [9.17, 15) is 4.79 Å². The average Bonchev–Trinajstić information content (AvgIpc) is 2.90. The summed E-state index contributed by atoms with van der Waals surface area (Å²) in [5, 5.41) is 6.16. The van der Waals surface area contributed by atoms with E-state index in [1.54, 1.807) is 14.1 Å². The molecule has 1 atom stereocenters. The fraction of sp³-hybridized carbons (Fsp3) is 0.692. The number of ether oxygens (including phenoxy) is 1. The molecule has 0 aromatic heterocycles. The van der Waals surface area contributed by atoms with E-state index in [1.165, 1.54) is 4.90 Å². The molecule has 20 heavy (non-hydrogen) atoms. The third-order valence-electron chi connectivity index (χ3n) is 2.81. The molecule has 7 heteroatoms. The van der Waals surface area contributed by atoms with Crippen molar-refractivity contribution in [3.63, 3.8) is 0 Å². The van der Waals surface area contributed by atoms with Gasteiger partial charge in [0.05, 0.1) is 13.2 Å². The molecule has 1 heterocycles. The molecule has 2 N–H and O–H groups in total. The molecule has 6 nitrogen and oxygen atoms in total. The minimum atomic E-state index is -0.0500. The number of rotatable bonds is 5. The van der Waals surface area contributed by atoms with Crippen LogP contribution in [0.15, 0.2) is 4.99 Å². The zero-order valence-corrected chi connectivity index (χ0v) is 14.3. The Bertz CT molecular complexity index is 360. The van der Waals surface area contributed by atoms with E-state index in [0.29, 0.717) is 18.4 Å². The number of likely N-dealkylation sites (N-methyl/N-ethyl adjacent to an activating group) is 1. The van der Waals surface area contributed by atoms with Gasteiger partial charge in [0.1, 0.15) is 6.54 Å². The van der Waals surface area contributed by atoms with Gasteiger partial charge in [-0.05, 0) is 6.42 Å². The second-order valence-corrected chi connectivity index (χ2v) is 4.62. The first-order valence-electron chi connectivity index (χ1n) is 6.37. The fourth-order valence-corrected chi connectivity index (χ4v) is 1.58. The Balaban J connectivity index is 0.00000361. The summed E-state index contributed by atoms with van der Waals surface area (Å²) in [5.74, 6) is 3.49. The highest BCUT2D eigenvalue weighted by molar-refractivity contribution is 14.0. The van der Waals surface area contributed by atoms with Crippen molar-refractivity contribution in [2.45, 2.75) is 6.42 Å². The van der Waals surface area contributed by atoms with E-state index in [4.69, 9.17) is 11.2 Å². The molecule has 0 aliphatic carbocycles. The van der Waals surface area contributed by atoms with Crippen LogP contribution in [-0.2, 0) is 9.53 Å². The van der Waals surface area contributed by atoms with Gasteiger partial charge in [0.15, 0.2) is 5.96 Å². The minimum absolute atomic E-state index is 0. The van der Waals surface area contributed by atoms with Crippen LogP contribution in [0.25, 0.3) is 0 Å². The van der Waals surface area contributed by atoms with E-state index >= 15 is 0 Å². The molecule has 1 amide bonds. The quantitative estimate of drug-likeness (QED) is 0.296. The molecule has 0 saturated carbocycles. The summed E-state index contributed by atoms with van der Waals surface area (Å²) in [4.78, 5) is 17.2. The second-order valence-electron chi connectivity index (χ2n) is 4.62. The number of halogens is 1. The van der Waals surface area contributed by atoms with Crippen LogP contribution in [-0.4, -0.2) is 63.7 Å². The van der Waals surface area contributed by atoms with E-state index in [1.807, 2.05) is 0 Å². The topological polar surface area (TPSA) is 66.0 Å². The van der Waals surface area contributed by atoms with Crippen molar-refractivity contribution in [3.05, 3.63) is 0 Å². The van der Waals surface area contributed by atoms with Crippen LogP contribution in [0.2, 0.25) is 0 Å². The number of hydrogen-bond acceptors (Lipinski definition) is 3. The summed E-state index contributed by atoms with van der Waals surface area (Å²) in [5.41, 5.74) is 0. The van der Waals surface area contributed by atoms with Crippen LogP contribution in [0.1, 0.15) is 6.42 Å². The van der Waals surface area contributed by atoms with Gasteiger partial charge in [0, 0.05) is 33.2 Å². The van der Waals surface area contributed by atoms with Crippen LogP contribution < -0.4 is 10.6 Å². The lowest BCUT2D eigenvalue weighted by molar-refractivity contribution is -0.127. The van der Waals surface area contributed by atoms with Crippen molar-refractivity contribution in [2.75, 3.05) is 46.9 Å². The number of aliphatic imine (C=N–C) groups is 1. The summed E-state index contributed by atoms with van der Waals surface area (Å²) in [6.07, 6.45) is 6.26. The third-order valence-corrected chi connectivity index (χ3v) is 2.81. The van der Waals surface area contributed by atoms with Gasteiger partial charge in [-0.25, -0.2) is 4.99 Å². The fourth-order valence-electron chi connectivity index (χ4n) is 1.58. The van der Waals surface area contributed by atoms with Gasteiger partial charge in [-0.15, -0.1) is 30.4 Å². The number of nitrogens with zero attached hydrogens (tertiary/aromatic N) is 2. The number of amides is 1. The molecule has 0 aromatic rings. The maximum atomic E-state index is 11.5. The first kappa shape index (κ1) is 19.0. The molecular formula is C13H23IN4O2. The Kier molecular flexibility index (Phi) is 10.2. The highest BCUT2D eigenvalue weighted by Crippen LogP contribution is 2.10. The summed E-state index contributed by atoms with van der Waals surface area (Å²) < 4.78 is 5.31. The molecule has 0 aromatic carbocycles. The summed E-state index contributed by atoms with van der Waals surface area (Å²) in [6.45, 7) is 2.84. The van der Waals surface area contributed by atoms with Gasteiger partial charge in [0.25, 0.3) is 0 Å². The summed E-state index contributed by atoms with van der Waals surface area (Å²) in [6, 6.07) is 0. The SMILES string of the molecule is C#CCNC(=NCC(=O)N(C)C)NCC1CCOC1.I. The molecular weight excluding hydrogens is 371 g/mol. The predicted octanol–water partition coefficient (Wildman–Crippen LogP) is -0.102. The van der Waals surface area contributed by atoms with Crippen molar-refractivity contribution in [1.29, 1.82) is 0 Å². The lowest BCUT2D eigenvalue weighted by Gasteiger charge is -2.14. The van der Waals surface area contributed by atoms with Crippen molar-refractivity contribution in [3.8, 4) is 12.3 Å². The minimum Gasteiger partial charge on any atom is -0.381 e. The Morgan fingerprint density at radius 3 is 2.80 bits per heavy atom. The average molecular weight is 394 g/mol. The van der Waals surface area contributed by atoms with E-state index in [0.717, 1.165) is 26.2 Å². The van der Waals surface area contributed by atoms with E-state index in [-0.39, 0.29) is 36.4 Å². The Morgan fingerprint density at radius 2 is 2.25 bits per heavy atom. The van der Waals surface area contributed by atoms with Crippen molar-refractivity contribution in [2.24, 2.45) is 10.9 Å². The molecule has 0 spiro atoms. The van der Waals surface area contributed by atoms with Gasteiger partial charge in [-0.3, -0.25) is 4.79 Å². The van der Waals surface area contributed by atoms with Crippen LogP contribution in [0.5, 0.6) is 0 Å². The van der Waals surface area contributed by atoms with Gasteiger partial charge in [-0.2, -0.15) is 0 Å². The predicted molar refractivity (Wildman–Crippen MR) is 90.2 cm³/mol. The van der Waals surface area contributed by atoms with Crippen LogP contribution in [0, 0.1) is 18.3 Å². The largest absolute Gasteiger partial charge is 0.381 e. The van der Waals surface area contributed by atoms with Crippen LogP contribution >= 0.6 is 24.0 Å². The monoisotopic (exact) mass is 394 g/mol. The van der Waals surface area contributed by atoms with Crippen molar-refractivity contribution in [1.82, 2.24) is 15.5 Å². The molecule has 1 rings (SSSR count). The van der Waals surface area contributed by atoms with E-state index in [2.05, 4.69) is 21.5 Å². The van der Waals surface area contributed by atoms with Gasteiger partial charge in [-0.1, -0.05) is 5.92 Å². The molecule has 0 bridgehead atoms. The highest BCUT2D eigenvalue weighted by atomic mass is 127. The number of guanidine groups is 1.